The first kappa shape index (κ1) is 18.0. The number of nitrogens with zero attached hydrogens (tertiary/aromatic N) is 5. The highest BCUT2D eigenvalue weighted by Crippen LogP contribution is 2.22. The van der Waals surface area contributed by atoms with E-state index in [1.807, 2.05) is 44.1 Å². The molecule has 1 aromatic carbocycles. The van der Waals surface area contributed by atoms with Gasteiger partial charge in [0.2, 0.25) is 5.91 Å². The van der Waals surface area contributed by atoms with Crippen molar-refractivity contribution in [3.63, 3.8) is 0 Å². The number of hydrogen-bond acceptors (Lipinski definition) is 6. The third-order valence-corrected chi connectivity index (χ3v) is 4.53. The number of rotatable bonds is 4. The topological polar surface area (TPSA) is 64.6 Å². The van der Waals surface area contributed by atoms with Crippen molar-refractivity contribution in [2.24, 2.45) is 0 Å². The zero-order valence-corrected chi connectivity index (χ0v) is 15.9. The maximum absolute atomic E-state index is 11.5. The molecule has 2 heterocycles. The molecule has 1 N–H and O–H groups in total. The number of benzene rings is 1. The van der Waals surface area contributed by atoms with Crippen molar-refractivity contribution in [1.82, 2.24) is 14.9 Å². The Morgan fingerprint density at radius 2 is 1.73 bits per heavy atom. The fraction of sp³-hybridized carbons (Fsp3) is 0.421. The van der Waals surface area contributed by atoms with Crippen molar-refractivity contribution < 1.29 is 4.79 Å². The Bertz CT molecular complexity index is 766. The molecule has 1 fully saturated rings. The van der Waals surface area contributed by atoms with Gasteiger partial charge in [-0.25, -0.2) is 9.97 Å². The lowest BCUT2D eigenvalue weighted by atomic mass is 10.2. The Morgan fingerprint density at radius 1 is 1.08 bits per heavy atom. The zero-order valence-electron chi connectivity index (χ0n) is 15.9. The molecule has 1 saturated heterocycles. The summed E-state index contributed by atoms with van der Waals surface area (Å²) in [4.78, 5) is 26.7. The Kier molecular flexibility index (Phi) is 5.25. The lowest BCUT2D eigenvalue weighted by molar-refractivity contribution is -0.129. The molecule has 0 bridgehead atoms. The first-order valence-corrected chi connectivity index (χ1v) is 8.83. The van der Waals surface area contributed by atoms with E-state index in [1.165, 1.54) is 0 Å². The Hall–Kier alpha value is -2.83. The number of aryl methyl sites for hydroxylation is 1. The molecule has 26 heavy (non-hydrogen) atoms. The van der Waals surface area contributed by atoms with Crippen LogP contribution in [-0.4, -0.2) is 61.0 Å². The maximum atomic E-state index is 11.5. The number of amides is 1. The largest absolute Gasteiger partial charge is 0.378 e. The lowest BCUT2D eigenvalue weighted by Gasteiger charge is -2.35. The molecule has 7 nitrogen and oxygen atoms in total. The van der Waals surface area contributed by atoms with Gasteiger partial charge in [0.15, 0.2) is 0 Å². The van der Waals surface area contributed by atoms with Crippen LogP contribution in [0.1, 0.15) is 12.7 Å². The molecule has 0 unspecified atom stereocenters. The molecule has 0 radical (unpaired) electrons. The van der Waals surface area contributed by atoms with Gasteiger partial charge in [-0.05, 0) is 31.2 Å². The summed E-state index contributed by atoms with van der Waals surface area (Å²) in [6.07, 6.45) is 0. The van der Waals surface area contributed by atoms with E-state index in [0.29, 0.717) is 0 Å². The summed E-state index contributed by atoms with van der Waals surface area (Å²) in [5, 5.41) is 3.36. The average molecular weight is 354 g/mol. The van der Waals surface area contributed by atoms with Crippen molar-refractivity contribution in [3.05, 3.63) is 36.2 Å². The van der Waals surface area contributed by atoms with Crippen LogP contribution in [0.2, 0.25) is 0 Å². The molecule has 1 aliphatic heterocycles. The van der Waals surface area contributed by atoms with Crippen LogP contribution in [-0.2, 0) is 4.79 Å². The minimum absolute atomic E-state index is 0.132. The molecule has 2 aromatic rings. The second kappa shape index (κ2) is 7.59. The van der Waals surface area contributed by atoms with Gasteiger partial charge in [0.25, 0.3) is 0 Å². The summed E-state index contributed by atoms with van der Waals surface area (Å²) < 4.78 is 0. The quantitative estimate of drug-likeness (QED) is 0.909. The van der Waals surface area contributed by atoms with Gasteiger partial charge in [-0.1, -0.05) is 0 Å². The first-order valence-electron chi connectivity index (χ1n) is 8.83. The fourth-order valence-corrected chi connectivity index (χ4v) is 3.02. The SMILES string of the molecule is CC(=O)N1CCN(c2cc(Nc3ccc(N(C)C)cc3)nc(C)n2)CC1. The van der Waals surface area contributed by atoms with Gasteiger partial charge in [0, 0.05) is 64.6 Å². The summed E-state index contributed by atoms with van der Waals surface area (Å²) in [5.41, 5.74) is 2.14. The van der Waals surface area contributed by atoms with Crippen molar-refractivity contribution in [2.45, 2.75) is 13.8 Å². The second-order valence-electron chi connectivity index (χ2n) is 6.72. The summed E-state index contributed by atoms with van der Waals surface area (Å²) in [5.74, 6) is 2.53. The highest BCUT2D eigenvalue weighted by atomic mass is 16.2. The molecule has 1 aliphatic rings. The van der Waals surface area contributed by atoms with E-state index in [-0.39, 0.29) is 5.91 Å². The molecule has 0 saturated carbocycles. The van der Waals surface area contributed by atoms with Crippen molar-refractivity contribution in [3.8, 4) is 0 Å². The van der Waals surface area contributed by atoms with Gasteiger partial charge in [-0.3, -0.25) is 4.79 Å². The lowest BCUT2D eigenvalue weighted by Crippen LogP contribution is -2.48. The van der Waals surface area contributed by atoms with Crippen LogP contribution in [0.25, 0.3) is 0 Å². The standard InChI is InChI=1S/C19H26N6O/c1-14-20-18(22-16-5-7-17(8-6-16)23(3)4)13-19(21-14)25-11-9-24(10-12-25)15(2)26/h5-8,13H,9-12H2,1-4H3,(H,20,21,22). The van der Waals surface area contributed by atoms with Crippen LogP contribution in [0.5, 0.6) is 0 Å². The van der Waals surface area contributed by atoms with Crippen LogP contribution in [0.4, 0.5) is 23.0 Å². The normalized spacial score (nSPS) is 14.3. The monoisotopic (exact) mass is 354 g/mol. The summed E-state index contributed by atoms with van der Waals surface area (Å²) in [6, 6.07) is 10.2. The molecule has 138 valence electrons. The number of nitrogens with one attached hydrogen (secondary N) is 1. The van der Waals surface area contributed by atoms with Gasteiger partial charge in [0.05, 0.1) is 0 Å². The average Bonchev–Trinajstić information content (AvgIpc) is 2.61. The third kappa shape index (κ3) is 4.22. The molecule has 7 heteroatoms. The van der Waals surface area contributed by atoms with Gasteiger partial charge in [0.1, 0.15) is 17.5 Å². The van der Waals surface area contributed by atoms with E-state index < -0.39 is 0 Å². The van der Waals surface area contributed by atoms with Crippen LogP contribution in [0.3, 0.4) is 0 Å². The summed E-state index contributed by atoms with van der Waals surface area (Å²) in [7, 11) is 4.04. The predicted molar refractivity (Wildman–Crippen MR) is 105 cm³/mol. The van der Waals surface area contributed by atoms with E-state index in [4.69, 9.17) is 0 Å². The Labute approximate surface area is 154 Å². The van der Waals surface area contributed by atoms with Crippen LogP contribution < -0.4 is 15.1 Å². The fourth-order valence-electron chi connectivity index (χ4n) is 3.02. The number of carbonyl (C=O) groups excluding carboxylic acids is 1. The van der Waals surface area contributed by atoms with Crippen LogP contribution in [0.15, 0.2) is 30.3 Å². The number of carbonyl (C=O) groups is 1. The van der Waals surface area contributed by atoms with Gasteiger partial charge >= 0.3 is 0 Å². The van der Waals surface area contributed by atoms with E-state index >= 15 is 0 Å². The van der Waals surface area contributed by atoms with Gasteiger partial charge in [-0.2, -0.15) is 0 Å². The highest BCUT2D eigenvalue weighted by molar-refractivity contribution is 5.73. The molecule has 0 aliphatic carbocycles. The number of hydrogen-bond donors (Lipinski definition) is 1. The summed E-state index contributed by atoms with van der Waals surface area (Å²) in [6.45, 7) is 6.55. The van der Waals surface area contributed by atoms with Crippen LogP contribution >= 0.6 is 0 Å². The molecule has 3 rings (SSSR count). The third-order valence-electron chi connectivity index (χ3n) is 4.53. The smallest absolute Gasteiger partial charge is 0.219 e. The minimum atomic E-state index is 0.132. The Balaban J connectivity index is 1.72. The highest BCUT2D eigenvalue weighted by Gasteiger charge is 2.20. The minimum Gasteiger partial charge on any atom is -0.378 e. The number of anilines is 4. The molecule has 1 amide bonds. The molecular weight excluding hydrogens is 328 g/mol. The molecule has 1 aromatic heterocycles. The molecule has 0 spiro atoms. The molecular formula is C19H26N6O. The first-order chi connectivity index (χ1) is 12.4. The maximum Gasteiger partial charge on any atom is 0.219 e. The molecule has 0 atom stereocenters. The van der Waals surface area contributed by atoms with E-state index in [2.05, 4.69) is 37.2 Å². The number of piperazine rings is 1. The van der Waals surface area contributed by atoms with Gasteiger partial charge in [-0.15, -0.1) is 0 Å². The zero-order chi connectivity index (χ0) is 18.7. The van der Waals surface area contributed by atoms with E-state index in [0.717, 1.165) is 55.0 Å². The van der Waals surface area contributed by atoms with Crippen LogP contribution in [0, 0.1) is 6.92 Å². The van der Waals surface area contributed by atoms with Crippen molar-refractivity contribution in [2.75, 3.05) is 55.4 Å². The Morgan fingerprint density at radius 3 is 2.31 bits per heavy atom. The van der Waals surface area contributed by atoms with Gasteiger partial charge < -0.3 is 20.0 Å². The second-order valence-corrected chi connectivity index (χ2v) is 6.72. The van der Waals surface area contributed by atoms with E-state index in [1.54, 1.807) is 6.92 Å². The van der Waals surface area contributed by atoms with Crippen molar-refractivity contribution in [1.29, 1.82) is 0 Å². The van der Waals surface area contributed by atoms with E-state index in [9.17, 15) is 4.79 Å². The van der Waals surface area contributed by atoms with Crippen molar-refractivity contribution >= 4 is 28.9 Å². The summed E-state index contributed by atoms with van der Waals surface area (Å²) >= 11 is 0. The number of aromatic nitrogens is 2. The predicted octanol–water partition coefficient (Wildman–Crippen LogP) is 2.26.